The minimum atomic E-state index is -0.752. The molecule has 0 saturated carbocycles. The number of nitrogens with zero attached hydrogens (tertiary/aromatic N) is 3. The maximum atomic E-state index is 13.1. The first-order chi connectivity index (χ1) is 15.0. The number of carbonyl (C=O) groups excluding carboxylic acids is 2. The number of amides is 2. The van der Waals surface area contributed by atoms with E-state index in [-0.39, 0.29) is 36.2 Å². The third-order valence-corrected chi connectivity index (χ3v) is 5.69. The van der Waals surface area contributed by atoms with Gasteiger partial charge >= 0.3 is 0 Å². The number of hydrogen-bond acceptors (Lipinski definition) is 6. The minimum absolute atomic E-state index is 0.0275. The first-order valence-electron chi connectivity index (χ1n) is 9.76. The molecule has 1 aromatic heterocycles. The largest absolute Gasteiger partial charge is 0.342 e. The molecule has 1 fully saturated rings. The summed E-state index contributed by atoms with van der Waals surface area (Å²) in [5.41, 5.74) is 2.18. The Morgan fingerprint density at radius 3 is 2.52 bits per heavy atom. The molecule has 0 bridgehead atoms. The maximum absolute atomic E-state index is 13.1. The SMILES string of the molecule is O=C1NC(CS)C(=O)N(Cc2ccc3ccccc3n2)C1Cc1ccc([N+](=O)[O-])cc1. The van der Waals surface area contributed by atoms with Crippen LogP contribution < -0.4 is 5.32 Å². The summed E-state index contributed by atoms with van der Waals surface area (Å²) in [7, 11) is 0. The van der Waals surface area contributed by atoms with Crippen LogP contribution in [0.5, 0.6) is 0 Å². The van der Waals surface area contributed by atoms with Crippen LogP contribution in [-0.4, -0.2) is 44.5 Å². The van der Waals surface area contributed by atoms with Crippen LogP contribution in [0.2, 0.25) is 0 Å². The summed E-state index contributed by atoms with van der Waals surface area (Å²) >= 11 is 4.20. The molecular formula is C22H20N4O4S. The molecular weight excluding hydrogens is 416 g/mol. The molecule has 1 aliphatic rings. The average Bonchev–Trinajstić information content (AvgIpc) is 2.78. The van der Waals surface area contributed by atoms with E-state index in [1.807, 2.05) is 36.4 Å². The lowest BCUT2D eigenvalue weighted by atomic mass is 9.99. The fraction of sp³-hybridized carbons (Fsp3) is 0.227. The van der Waals surface area contributed by atoms with Crippen molar-refractivity contribution in [3.63, 3.8) is 0 Å². The molecule has 0 spiro atoms. The van der Waals surface area contributed by atoms with Gasteiger partial charge in [-0.25, -0.2) is 0 Å². The monoisotopic (exact) mass is 436 g/mol. The van der Waals surface area contributed by atoms with E-state index in [0.29, 0.717) is 5.69 Å². The number of pyridine rings is 1. The molecule has 2 heterocycles. The molecule has 1 aliphatic heterocycles. The summed E-state index contributed by atoms with van der Waals surface area (Å²) in [6.45, 7) is 0.180. The number of nitrogens with one attached hydrogen (secondary N) is 1. The normalized spacial score (nSPS) is 18.8. The number of carbonyl (C=O) groups is 2. The number of para-hydroxylation sites is 1. The standard InChI is InChI=1S/C22H20N4O4S/c27-21-20(11-14-5-9-17(10-6-14)26(29)30)25(22(28)19(13-31)24-21)12-16-8-7-15-3-1-2-4-18(15)23-16/h1-10,19-20,31H,11-13H2,(H,24,27). The highest BCUT2D eigenvalue weighted by Gasteiger charge is 2.40. The lowest BCUT2D eigenvalue weighted by Gasteiger charge is -2.38. The quantitative estimate of drug-likeness (QED) is 0.351. The topological polar surface area (TPSA) is 105 Å². The van der Waals surface area contributed by atoms with Gasteiger partial charge in [0.2, 0.25) is 11.8 Å². The second-order valence-corrected chi connectivity index (χ2v) is 7.71. The van der Waals surface area contributed by atoms with E-state index in [9.17, 15) is 19.7 Å². The molecule has 2 unspecified atom stereocenters. The molecule has 1 N–H and O–H groups in total. The van der Waals surface area contributed by atoms with E-state index in [0.717, 1.165) is 16.5 Å². The number of non-ortho nitro benzene ring substituents is 1. The summed E-state index contributed by atoms with van der Waals surface area (Å²) in [5.74, 6) is -0.314. The third kappa shape index (κ3) is 4.36. The average molecular weight is 436 g/mol. The van der Waals surface area contributed by atoms with Crippen LogP contribution in [0.3, 0.4) is 0 Å². The van der Waals surface area contributed by atoms with Crippen molar-refractivity contribution in [2.45, 2.75) is 25.0 Å². The summed E-state index contributed by atoms with van der Waals surface area (Å²) in [4.78, 5) is 42.5. The van der Waals surface area contributed by atoms with Gasteiger partial charge in [-0.05, 0) is 17.7 Å². The number of benzene rings is 2. The Hall–Kier alpha value is -3.46. The van der Waals surface area contributed by atoms with Gasteiger partial charge in [-0.3, -0.25) is 24.7 Å². The van der Waals surface area contributed by atoms with Gasteiger partial charge in [0.15, 0.2) is 0 Å². The summed E-state index contributed by atoms with van der Waals surface area (Å²) in [5, 5.41) is 14.6. The number of rotatable bonds is 6. The lowest BCUT2D eigenvalue weighted by molar-refractivity contribution is -0.384. The molecule has 1 saturated heterocycles. The zero-order valence-corrected chi connectivity index (χ0v) is 17.4. The number of piperazine rings is 1. The van der Waals surface area contributed by atoms with Crippen molar-refractivity contribution in [2.75, 3.05) is 5.75 Å². The van der Waals surface area contributed by atoms with Crippen LogP contribution in [0.15, 0.2) is 60.7 Å². The van der Waals surface area contributed by atoms with E-state index in [1.54, 1.807) is 12.1 Å². The Labute approximate surface area is 183 Å². The minimum Gasteiger partial charge on any atom is -0.342 e. The van der Waals surface area contributed by atoms with Crippen LogP contribution in [0.1, 0.15) is 11.3 Å². The zero-order chi connectivity index (χ0) is 22.0. The van der Waals surface area contributed by atoms with Gasteiger partial charge in [0.1, 0.15) is 12.1 Å². The molecule has 4 rings (SSSR count). The van der Waals surface area contributed by atoms with Crippen molar-refractivity contribution in [3.8, 4) is 0 Å². The zero-order valence-electron chi connectivity index (χ0n) is 16.5. The van der Waals surface area contributed by atoms with Crippen LogP contribution in [0.25, 0.3) is 10.9 Å². The molecule has 2 atom stereocenters. The van der Waals surface area contributed by atoms with Gasteiger partial charge in [-0.1, -0.05) is 36.4 Å². The van der Waals surface area contributed by atoms with Crippen LogP contribution >= 0.6 is 12.6 Å². The number of nitro benzene ring substituents is 1. The van der Waals surface area contributed by atoms with Gasteiger partial charge in [-0.15, -0.1) is 0 Å². The number of aromatic nitrogens is 1. The number of hydrogen-bond donors (Lipinski definition) is 2. The number of nitro groups is 1. The highest BCUT2D eigenvalue weighted by molar-refractivity contribution is 7.80. The van der Waals surface area contributed by atoms with Crippen molar-refractivity contribution in [2.24, 2.45) is 0 Å². The Bertz CT molecular complexity index is 1150. The van der Waals surface area contributed by atoms with Crippen molar-refractivity contribution in [3.05, 3.63) is 82.0 Å². The molecule has 3 aromatic rings. The second kappa shape index (κ2) is 8.73. The van der Waals surface area contributed by atoms with Crippen LogP contribution in [-0.2, 0) is 22.6 Å². The van der Waals surface area contributed by atoms with Crippen LogP contribution in [0, 0.1) is 10.1 Å². The first kappa shape index (κ1) is 20.8. The van der Waals surface area contributed by atoms with Crippen molar-refractivity contribution in [1.82, 2.24) is 15.2 Å². The molecule has 31 heavy (non-hydrogen) atoms. The fourth-order valence-corrected chi connectivity index (χ4v) is 3.93. The Balaban J connectivity index is 1.62. The molecule has 0 aliphatic carbocycles. The first-order valence-corrected chi connectivity index (χ1v) is 10.4. The lowest BCUT2D eigenvalue weighted by Crippen LogP contribution is -2.64. The highest BCUT2D eigenvalue weighted by Crippen LogP contribution is 2.21. The molecule has 158 valence electrons. The van der Waals surface area contributed by atoms with E-state index in [4.69, 9.17) is 0 Å². The maximum Gasteiger partial charge on any atom is 0.269 e. The molecule has 2 amide bonds. The Morgan fingerprint density at radius 1 is 1.06 bits per heavy atom. The van der Waals surface area contributed by atoms with E-state index >= 15 is 0 Å². The predicted octanol–water partition coefficient (Wildman–Crippen LogP) is 2.51. The van der Waals surface area contributed by atoms with E-state index in [1.165, 1.54) is 17.0 Å². The van der Waals surface area contributed by atoms with E-state index in [2.05, 4.69) is 22.9 Å². The summed E-state index contributed by atoms with van der Waals surface area (Å²) < 4.78 is 0. The van der Waals surface area contributed by atoms with Gasteiger partial charge in [0, 0.05) is 29.7 Å². The highest BCUT2D eigenvalue weighted by atomic mass is 32.1. The van der Waals surface area contributed by atoms with Crippen molar-refractivity contribution >= 4 is 41.0 Å². The predicted molar refractivity (Wildman–Crippen MR) is 119 cm³/mol. The fourth-order valence-electron chi connectivity index (χ4n) is 3.69. The van der Waals surface area contributed by atoms with Gasteiger partial charge in [-0.2, -0.15) is 12.6 Å². The summed E-state index contributed by atoms with van der Waals surface area (Å²) in [6, 6.07) is 16.0. The number of fused-ring (bicyclic) bond motifs is 1. The van der Waals surface area contributed by atoms with Gasteiger partial charge < -0.3 is 10.2 Å². The van der Waals surface area contributed by atoms with Crippen molar-refractivity contribution in [1.29, 1.82) is 0 Å². The molecule has 9 heteroatoms. The molecule has 2 aromatic carbocycles. The van der Waals surface area contributed by atoms with Gasteiger partial charge in [0.05, 0.1) is 22.7 Å². The number of thiol groups is 1. The Morgan fingerprint density at radius 2 is 1.81 bits per heavy atom. The van der Waals surface area contributed by atoms with Crippen LogP contribution in [0.4, 0.5) is 5.69 Å². The Kier molecular flexibility index (Phi) is 5.85. The second-order valence-electron chi connectivity index (χ2n) is 7.35. The van der Waals surface area contributed by atoms with Gasteiger partial charge in [0.25, 0.3) is 5.69 Å². The molecule has 8 nitrogen and oxygen atoms in total. The van der Waals surface area contributed by atoms with E-state index < -0.39 is 17.0 Å². The smallest absolute Gasteiger partial charge is 0.269 e. The summed E-state index contributed by atoms with van der Waals surface area (Å²) in [6.07, 6.45) is 0.239. The third-order valence-electron chi connectivity index (χ3n) is 5.32. The molecule has 0 radical (unpaired) electrons. The van der Waals surface area contributed by atoms with Crippen molar-refractivity contribution < 1.29 is 14.5 Å².